The number of hydrogen-bond donors (Lipinski definition) is 1. The summed E-state index contributed by atoms with van der Waals surface area (Å²) in [6.45, 7) is 4.60. The lowest BCUT2D eigenvalue weighted by atomic mass is 10.3. The van der Waals surface area contributed by atoms with Crippen LogP contribution in [0.3, 0.4) is 0 Å². The molecule has 2 heterocycles. The Morgan fingerprint density at radius 2 is 2.18 bits per heavy atom. The van der Waals surface area contributed by atoms with Crippen LogP contribution in [0, 0.1) is 0 Å². The highest BCUT2D eigenvalue weighted by Crippen LogP contribution is 2.22. The van der Waals surface area contributed by atoms with Crippen molar-refractivity contribution in [1.82, 2.24) is 19.1 Å². The van der Waals surface area contributed by atoms with E-state index in [2.05, 4.69) is 16.9 Å². The predicted molar refractivity (Wildman–Crippen MR) is 90.8 cm³/mol. The topological polar surface area (TPSA) is 72.7 Å². The fourth-order valence-electron chi connectivity index (χ4n) is 2.08. The number of rotatable bonds is 6. The van der Waals surface area contributed by atoms with Crippen molar-refractivity contribution in [3.8, 4) is 0 Å². The molecule has 120 valence electrons. The second-order valence-electron chi connectivity index (χ2n) is 4.99. The first-order valence-electron chi connectivity index (χ1n) is 7.10. The first-order valence-corrected chi connectivity index (χ1v) is 8.46. The number of nitrogens with one attached hydrogen (secondary N) is 1. The smallest absolute Gasteiger partial charge is 0.313 e. The standard InChI is InChI=1S/C14H19ClN4O2S/c1-4-5-7-19-10-11(18(3)13(21)17-12(10)20)16-14(19)22-8-6-9(2)15/h6H,4-5,7-8H2,1-3H3,(H,17,20,21)/b9-6+. The molecule has 0 amide bonds. The second kappa shape index (κ2) is 7.19. The number of nitrogens with zero attached hydrogens (tertiary/aromatic N) is 3. The molecule has 0 saturated carbocycles. The third kappa shape index (κ3) is 3.47. The maximum absolute atomic E-state index is 12.2. The van der Waals surface area contributed by atoms with Crippen LogP contribution in [0.4, 0.5) is 0 Å². The van der Waals surface area contributed by atoms with Gasteiger partial charge in [-0.2, -0.15) is 0 Å². The molecule has 0 bridgehead atoms. The lowest BCUT2D eigenvalue weighted by Gasteiger charge is -2.06. The van der Waals surface area contributed by atoms with Gasteiger partial charge in [-0.3, -0.25) is 14.3 Å². The largest absolute Gasteiger partial charge is 0.329 e. The van der Waals surface area contributed by atoms with Crippen LogP contribution in [-0.4, -0.2) is 24.9 Å². The van der Waals surface area contributed by atoms with Crippen molar-refractivity contribution in [2.45, 2.75) is 38.4 Å². The lowest BCUT2D eigenvalue weighted by molar-refractivity contribution is 0.600. The van der Waals surface area contributed by atoms with E-state index in [4.69, 9.17) is 11.6 Å². The minimum atomic E-state index is -0.453. The predicted octanol–water partition coefficient (Wildman–Crippen LogP) is 2.46. The fraction of sp³-hybridized carbons (Fsp3) is 0.500. The molecule has 8 heteroatoms. The number of H-pyrrole nitrogens is 1. The van der Waals surface area contributed by atoms with E-state index in [1.54, 1.807) is 7.05 Å². The molecule has 2 aromatic heterocycles. The highest BCUT2D eigenvalue weighted by molar-refractivity contribution is 7.99. The van der Waals surface area contributed by atoms with Crippen molar-refractivity contribution in [1.29, 1.82) is 0 Å². The quantitative estimate of drug-likeness (QED) is 0.818. The van der Waals surface area contributed by atoms with Gasteiger partial charge in [0.25, 0.3) is 5.56 Å². The SMILES string of the molecule is CCCCn1c(SC/C=C(\C)Cl)nc2c1c(=O)[nH]c(=O)n2C. The van der Waals surface area contributed by atoms with Gasteiger partial charge in [-0.25, -0.2) is 9.78 Å². The van der Waals surface area contributed by atoms with Gasteiger partial charge in [0.05, 0.1) is 0 Å². The summed E-state index contributed by atoms with van der Waals surface area (Å²) in [6, 6.07) is 0. The van der Waals surface area contributed by atoms with Crippen molar-refractivity contribution in [2.24, 2.45) is 7.05 Å². The fourth-order valence-corrected chi connectivity index (χ4v) is 3.22. The Morgan fingerprint density at radius 1 is 1.45 bits per heavy atom. The minimum absolute atomic E-state index is 0.391. The summed E-state index contributed by atoms with van der Waals surface area (Å²) in [4.78, 5) is 30.7. The van der Waals surface area contributed by atoms with E-state index in [0.29, 0.717) is 28.5 Å². The summed E-state index contributed by atoms with van der Waals surface area (Å²) in [5.41, 5.74) is 0.0202. The van der Waals surface area contributed by atoms with Gasteiger partial charge < -0.3 is 4.57 Å². The van der Waals surface area contributed by atoms with Gasteiger partial charge in [0, 0.05) is 24.4 Å². The molecule has 0 radical (unpaired) electrons. The third-order valence-corrected chi connectivity index (χ3v) is 4.34. The molecule has 0 unspecified atom stereocenters. The molecule has 0 saturated heterocycles. The number of halogens is 1. The summed E-state index contributed by atoms with van der Waals surface area (Å²) >= 11 is 7.34. The number of fused-ring (bicyclic) bond motifs is 1. The Bertz CT molecular complexity index is 815. The normalized spacial score (nSPS) is 12.3. The molecular weight excluding hydrogens is 324 g/mol. The van der Waals surface area contributed by atoms with Crippen molar-refractivity contribution >= 4 is 34.5 Å². The first kappa shape index (κ1) is 16.9. The number of imidazole rings is 1. The summed E-state index contributed by atoms with van der Waals surface area (Å²) < 4.78 is 3.26. The Labute approximate surface area is 137 Å². The van der Waals surface area contributed by atoms with E-state index in [0.717, 1.165) is 18.0 Å². The summed E-state index contributed by atoms with van der Waals surface area (Å²) in [5, 5.41) is 1.44. The van der Waals surface area contributed by atoms with E-state index in [-0.39, 0.29) is 0 Å². The van der Waals surface area contributed by atoms with Crippen LogP contribution in [0.1, 0.15) is 26.7 Å². The van der Waals surface area contributed by atoms with Crippen molar-refractivity contribution < 1.29 is 0 Å². The molecule has 0 aromatic carbocycles. The monoisotopic (exact) mass is 342 g/mol. The van der Waals surface area contributed by atoms with Crippen molar-refractivity contribution in [2.75, 3.05) is 5.75 Å². The molecule has 0 aliphatic carbocycles. The molecule has 2 aromatic rings. The van der Waals surface area contributed by atoms with Crippen LogP contribution >= 0.6 is 23.4 Å². The van der Waals surface area contributed by atoms with Gasteiger partial charge >= 0.3 is 5.69 Å². The zero-order valence-electron chi connectivity index (χ0n) is 12.9. The number of aryl methyl sites for hydroxylation is 2. The van der Waals surface area contributed by atoms with Gasteiger partial charge in [0.15, 0.2) is 16.3 Å². The van der Waals surface area contributed by atoms with E-state index >= 15 is 0 Å². The first-order chi connectivity index (χ1) is 10.5. The van der Waals surface area contributed by atoms with Crippen molar-refractivity contribution in [3.05, 3.63) is 31.9 Å². The van der Waals surface area contributed by atoms with Gasteiger partial charge in [0.2, 0.25) is 0 Å². The van der Waals surface area contributed by atoms with Crippen LogP contribution in [0.25, 0.3) is 11.2 Å². The zero-order chi connectivity index (χ0) is 16.3. The average Bonchev–Trinajstić information content (AvgIpc) is 2.81. The Hall–Kier alpha value is -1.47. The summed E-state index contributed by atoms with van der Waals surface area (Å²) in [6.07, 6.45) is 3.83. The Kier molecular flexibility index (Phi) is 5.52. The number of allylic oxidation sites excluding steroid dienone is 1. The molecule has 6 nitrogen and oxygen atoms in total. The molecule has 0 spiro atoms. The van der Waals surface area contributed by atoms with Crippen LogP contribution in [-0.2, 0) is 13.6 Å². The number of hydrogen-bond acceptors (Lipinski definition) is 4. The molecule has 0 aliphatic heterocycles. The van der Waals surface area contributed by atoms with Crippen LogP contribution in [0.15, 0.2) is 25.9 Å². The molecule has 2 rings (SSSR count). The molecule has 1 N–H and O–H groups in total. The highest BCUT2D eigenvalue weighted by atomic mass is 35.5. The molecule has 0 aliphatic rings. The van der Waals surface area contributed by atoms with E-state index < -0.39 is 11.2 Å². The van der Waals surface area contributed by atoms with Gasteiger partial charge in [0.1, 0.15) is 0 Å². The number of aromatic nitrogens is 4. The third-order valence-electron chi connectivity index (χ3n) is 3.28. The lowest BCUT2D eigenvalue weighted by Crippen LogP contribution is -2.29. The number of thioether (sulfide) groups is 1. The minimum Gasteiger partial charge on any atom is -0.313 e. The van der Waals surface area contributed by atoms with E-state index in [9.17, 15) is 9.59 Å². The number of unbranched alkanes of at least 4 members (excludes halogenated alkanes) is 1. The summed E-state index contributed by atoms with van der Waals surface area (Å²) in [7, 11) is 1.61. The molecule has 0 atom stereocenters. The molecular formula is C14H19ClN4O2S. The highest BCUT2D eigenvalue weighted by Gasteiger charge is 2.16. The average molecular weight is 343 g/mol. The zero-order valence-corrected chi connectivity index (χ0v) is 14.4. The molecule has 22 heavy (non-hydrogen) atoms. The second-order valence-corrected chi connectivity index (χ2v) is 6.58. The maximum Gasteiger partial charge on any atom is 0.329 e. The van der Waals surface area contributed by atoms with Crippen LogP contribution < -0.4 is 11.2 Å². The Morgan fingerprint density at radius 3 is 2.82 bits per heavy atom. The maximum atomic E-state index is 12.2. The van der Waals surface area contributed by atoms with E-state index in [1.165, 1.54) is 16.3 Å². The van der Waals surface area contributed by atoms with Gasteiger partial charge in [-0.15, -0.1) is 0 Å². The van der Waals surface area contributed by atoms with Gasteiger partial charge in [-0.1, -0.05) is 42.8 Å². The van der Waals surface area contributed by atoms with Gasteiger partial charge in [-0.05, 0) is 13.3 Å². The summed E-state index contributed by atoms with van der Waals surface area (Å²) in [5.74, 6) is 0.663. The number of aromatic amines is 1. The van der Waals surface area contributed by atoms with Crippen LogP contribution in [0.2, 0.25) is 0 Å². The van der Waals surface area contributed by atoms with Crippen LogP contribution in [0.5, 0.6) is 0 Å². The van der Waals surface area contributed by atoms with Crippen molar-refractivity contribution in [3.63, 3.8) is 0 Å². The Balaban J connectivity index is 2.56. The van der Waals surface area contributed by atoms with E-state index in [1.807, 2.05) is 17.6 Å². The molecule has 0 fully saturated rings.